The Kier molecular flexibility index (Phi) is 4.23. The lowest BCUT2D eigenvalue weighted by molar-refractivity contribution is -0.121. The zero-order valence-corrected chi connectivity index (χ0v) is 12.8. The fourth-order valence-electron chi connectivity index (χ4n) is 2.42. The third-order valence-corrected chi connectivity index (χ3v) is 3.64. The van der Waals surface area contributed by atoms with E-state index in [1.165, 1.54) is 0 Å². The molecule has 2 aromatic rings. The van der Waals surface area contributed by atoms with Gasteiger partial charge in [-0.2, -0.15) is 0 Å². The lowest BCUT2D eigenvalue weighted by Crippen LogP contribution is -2.40. The molecule has 1 aliphatic heterocycles. The molecular weight excluding hydrogens is 294 g/mol. The van der Waals surface area contributed by atoms with Crippen LogP contribution in [-0.4, -0.2) is 29.9 Å². The van der Waals surface area contributed by atoms with Crippen LogP contribution in [0.3, 0.4) is 0 Å². The molecule has 3 rings (SSSR count). The van der Waals surface area contributed by atoms with Gasteiger partial charge in [0.05, 0.1) is 5.69 Å². The van der Waals surface area contributed by atoms with E-state index in [2.05, 4.69) is 10.3 Å². The van der Waals surface area contributed by atoms with Gasteiger partial charge >= 0.3 is 0 Å². The number of nitrogens with zero attached hydrogens (tertiary/aromatic N) is 2. The first kappa shape index (κ1) is 15.0. The maximum absolute atomic E-state index is 12.1. The van der Waals surface area contributed by atoms with Gasteiger partial charge in [-0.05, 0) is 30.7 Å². The number of carbonyl (C=O) groups is 2. The molecule has 118 valence electrons. The number of pyridine rings is 1. The number of benzene rings is 1. The Balaban J connectivity index is 1.65. The van der Waals surface area contributed by atoms with E-state index in [-0.39, 0.29) is 24.8 Å². The maximum atomic E-state index is 12.1. The first-order valence-corrected chi connectivity index (χ1v) is 7.39. The number of aryl methyl sites for hydroxylation is 1. The molecule has 0 radical (unpaired) electrons. The molecule has 0 saturated carbocycles. The molecule has 23 heavy (non-hydrogen) atoms. The second-order valence-corrected chi connectivity index (χ2v) is 5.27. The third kappa shape index (κ3) is 3.31. The number of nitrogens with one attached hydrogen (secondary N) is 1. The number of rotatable bonds is 4. The van der Waals surface area contributed by atoms with Crippen LogP contribution in [0, 0.1) is 6.92 Å². The SMILES string of the molecule is Cc1cccnc1NC(=O)CCN1C(=O)COc2ccccc21. The maximum Gasteiger partial charge on any atom is 0.265 e. The van der Waals surface area contributed by atoms with Crippen LogP contribution >= 0.6 is 0 Å². The molecule has 6 heteroatoms. The van der Waals surface area contributed by atoms with Gasteiger partial charge in [-0.1, -0.05) is 18.2 Å². The molecule has 1 aromatic heterocycles. The molecule has 1 aliphatic rings. The fourth-order valence-corrected chi connectivity index (χ4v) is 2.42. The zero-order chi connectivity index (χ0) is 16.2. The van der Waals surface area contributed by atoms with Crippen LogP contribution in [-0.2, 0) is 9.59 Å². The monoisotopic (exact) mass is 311 g/mol. The normalized spacial score (nSPS) is 13.3. The number of fused-ring (bicyclic) bond motifs is 1. The summed E-state index contributed by atoms with van der Waals surface area (Å²) in [5.74, 6) is 0.883. The van der Waals surface area contributed by atoms with Gasteiger partial charge in [-0.25, -0.2) is 4.98 Å². The Labute approximate surface area is 134 Å². The average molecular weight is 311 g/mol. The van der Waals surface area contributed by atoms with E-state index in [1.807, 2.05) is 43.3 Å². The van der Waals surface area contributed by atoms with Crippen molar-refractivity contribution in [2.75, 3.05) is 23.4 Å². The first-order chi connectivity index (χ1) is 11.1. The summed E-state index contributed by atoms with van der Waals surface area (Å²) in [6, 6.07) is 11.0. The van der Waals surface area contributed by atoms with E-state index in [1.54, 1.807) is 11.1 Å². The van der Waals surface area contributed by atoms with Crippen LogP contribution in [0.2, 0.25) is 0 Å². The van der Waals surface area contributed by atoms with Gasteiger partial charge in [0.2, 0.25) is 5.91 Å². The van der Waals surface area contributed by atoms with Crippen molar-refractivity contribution in [2.24, 2.45) is 0 Å². The smallest absolute Gasteiger partial charge is 0.265 e. The highest BCUT2D eigenvalue weighted by Gasteiger charge is 2.25. The summed E-state index contributed by atoms with van der Waals surface area (Å²) < 4.78 is 5.38. The summed E-state index contributed by atoms with van der Waals surface area (Å²) in [7, 11) is 0. The number of aromatic nitrogens is 1. The lowest BCUT2D eigenvalue weighted by atomic mass is 10.2. The van der Waals surface area contributed by atoms with Crippen molar-refractivity contribution in [1.82, 2.24) is 4.98 Å². The van der Waals surface area contributed by atoms with Crippen LogP contribution in [0.25, 0.3) is 0 Å². The number of para-hydroxylation sites is 2. The van der Waals surface area contributed by atoms with Crippen LogP contribution in [0.15, 0.2) is 42.6 Å². The average Bonchev–Trinajstić information content (AvgIpc) is 2.56. The Bertz CT molecular complexity index is 745. The van der Waals surface area contributed by atoms with E-state index < -0.39 is 0 Å². The highest BCUT2D eigenvalue weighted by Crippen LogP contribution is 2.31. The molecule has 1 aromatic carbocycles. The van der Waals surface area contributed by atoms with Gasteiger partial charge < -0.3 is 15.0 Å². The summed E-state index contributed by atoms with van der Waals surface area (Å²) >= 11 is 0. The van der Waals surface area contributed by atoms with Gasteiger partial charge in [0, 0.05) is 19.2 Å². The topological polar surface area (TPSA) is 71.5 Å². The summed E-state index contributed by atoms with van der Waals surface area (Å²) in [6.45, 7) is 2.18. The summed E-state index contributed by atoms with van der Waals surface area (Å²) in [5.41, 5.74) is 1.60. The number of anilines is 2. The highest BCUT2D eigenvalue weighted by atomic mass is 16.5. The molecule has 0 unspecified atom stereocenters. The minimum atomic E-state index is -0.177. The number of amides is 2. The van der Waals surface area contributed by atoms with E-state index in [0.29, 0.717) is 23.8 Å². The Morgan fingerprint density at radius 2 is 2.13 bits per heavy atom. The first-order valence-electron chi connectivity index (χ1n) is 7.39. The standard InChI is InChI=1S/C17H17N3O3/c1-12-5-4-9-18-17(12)19-15(21)8-10-20-13-6-2-3-7-14(13)23-11-16(20)22/h2-7,9H,8,10-11H2,1H3,(H,18,19,21). The third-order valence-electron chi connectivity index (χ3n) is 3.64. The molecular formula is C17H17N3O3. The van der Waals surface area contributed by atoms with E-state index in [9.17, 15) is 9.59 Å². The van der Waals surface area contributed by atoms with Crippen LogP contribution in [0.4, 0.5) is 11.5 Å². The van der Waals surface area contributed by atoms with Gasteiger partial charge in [-0.3, -0.25) is 9.59 Å². The van der Waals surface area contributed by atoms with Crippen molar-refractivity contribution in [1.29, 1.82) is 0 Å². The molecule has 0 fully saturated rings. The molecule has 0 bridgehead atoms. The van der Waals surface area contributed by atoms with Crippen LogP contribution in [0.1, 0.15) is 12.0 Å². The van der Waals surface area contributed by atoms with Crippen molar-refractivity contribution in [3.05, 3.63) is 48.2 Å². The van der Waals surface area contributed by atoms with Gasteiger partial charge in [0.1, 0.15) is 11.6 Å². The molecule has 0 spiro atoms. The van der Waals surface area contributed by atoms with Gasteiger partial charge in [0.25, 0.3) is 5.91 Å². The lowest BCUT2D eigenvalue weighted by Gasteiger charge is -2.29. The Morgan fingerprint density at radius 1 is 1.30 bits per heavy atom. The van der Waals surface area contributed by atoms with Crippen molar-refractivity contribution in [3.8, 4) is 5.75 Å². The quantitative estimate of drug-likeness (QED) is 0.939. The molecule has 0 aliphatic carbocycles. The summed E-state index contributed by atoms with van der Waals surface area (Å²) in [4.78, 5) is 29.9. The van der Waals surface area contributed by atoms with Crippen LogP contribution in [0.5, 0.6) is 5.75 Å². The number of hydrogen-bond acceptors (Lipinski definition) is 4. The minimum Gasteiger partial charge on any atom is -0.482 e. The second kappa shape index (κ2) is 6.48. The fraction of sp³-hybridized carbons (Fsp3) is 0.235. The van der Waals surface area contributed by atoms with Crippen molar-refractivity contribution >= 4 is 23.3 Å². The summed E-state index contributed by atoms with van der Waals surface area (Å²) in [5, 5.41) is 2.77. The number of ether oxygens (including phenoxy) is 1. The molecule has 2 amide bonds. The molecule has 1 N–H and O–H groups in total. The molecule has 2 heterocycles. The number of carbonyl (C=O) groups excluding carboxylic acids is 2. The molecule has 6 nitrogen and oxygen atoms in total. The predicted octanol–water partition coefficient (Wildman–Crippen LogP) is 2.14. The Morgan fingerprint density at radius 3 is 2.96 bits per heavy atom. The summed E-state index contributed by atoms with van der Waals surface area (Å²) in [6.07, 6.45) is 1.82. The van der Waals surface area contributed by atoms with Gasteiger partial charge in [0.15, 0.2) is 6.61 Å². The second-order valence-electron chi connectivity index (χ2n) is 5.27. The van der Waals surface area contributed by atoms with Gasteiger partial charge in [-0.15, -0.1) is 0 Å². The van der Waals surface area contributed by atoms with Crippen molar-refractivity contribution < 1.29 is 14.3 Å². The number of hydrogen-bond donors (Lipinski definition) is 1. The minimum absolute atomic E-state index is 0.00200. The van der Waals surface area contributed by atoms with Crippen molar-refractivity contribution in [3.63, 3.8) is 0 Å². The molecule has 0 atom stereocenters. The Hall–Kier alpha value is -2.89. The van der Waals surface area contributed by atoms with E-state index in [4.69, 9.17) is 4.74 Å². The van der Waals surface area contributed by atoms with E-state index >= 15 is 0 Å². The van der Waals surface area contributed by atoms with Crippen LogP contribution < -0.4 is 15.0 Å². The predicted molar refractivity (Wildman–Crippen MR) is 86.5 cm³/mol. The molecule has 0 saturated heterocycles. The van der Waals surface area contributed by atoms with E-state index in [0.717, 1.165) is 5.56 Å². The van der Waals surface area contributed by atoms with Crippen molar-refractivity contribution in [2.45, 2.75) is 13.3 Å². The largest absolute Gasteiger partial charge is 0.482 e. The highest BCUT2D eigenvalue weighted by molar-refractivity contribution is 5.99. The zero-order valence-electron chi connectivity index (χ0n) is 12.8.